The Kier molecular flexibility index (Phi) is 26.3. The smallest absolute Gasteiger partial charge is 1.00 e. The van der Waals surface area contributed by atoms with Crippen LogP contribution in [0.4, 0.5) is 24.8 Å². The molecule has 6 aromatic carbocycles. The number of anilines is 2. The number of carbonyl (C=O) groups is 1. The third-order valence-electron chi connectivity index (χ3n) is 12.7. The van der Waals surface area contributed by atoms with Crippen molar-refractivity contribution in [3.8, 4) is 39.6 Å². The van der Waals surface area contributed by atoms with E-state index in [1.165, 1.54) is 42.5 Å². The van der Waals surface area contributed by atoms with Crippen molar-refractivity contribution in [1.29, 1.82) is 0 Å². The third-order valence-corrected chi connectivity index (χ3v) is 13.7. The molecule has 0 saturated heterocycles. The number of hydrogen-bond donors (Lipinski definition) is 3. The van der Waals surface area contributed by atoms with Gasteiger partial charge < -0.3 is 27.8 Å². The number of nitrogens with two attached hydrogens (primary N) is 2. The second kappa shape index (κ2) is 32.8. The summed E-state index contributed by atoms with van der Waals surface area (Å²) in [5.41, 5.74) is 17.6. The topological polar surface area (TPSA) is 278 Å². The van der Waals surface area contributed by atoms with Crippen molar-refractivity contribution < 1.29 is 138 Å². The van der Waals surface area contributed by atoms with Crippen LogP contribution in [0.1, 0.15) is 52.2 Å². The first-order valence-corrected chi connectivity index (χ1v) is 26.4. The van der Waals surface area contributed by atoms with Gasteiger partial charge in [0.05, 0.1) is 80.2 Å². The molecule has 0 fully saturated rings. The number of rotatable bonds is 9. The number of aromatic amines is 1. The van der Waals surface area contributed by atoms with Crippen molar-refractivity contribution in [3.05, 3.63) is 206 Å². The van der Waals surface area contributed by atoms with Crippen LogP contribution in [0.15, 0.2) is 156 Å². The Bertz CT molecular complexity index is 4510. The summed E-state index contributed by atoms with van der Waals surface area (Å²) < 4.78 is 53.4. The fourth-order valence-corrected chi connectivity index (χ4v) is 9.65. The van der Waals surface area contributed by atoms with Crippen LogP contribution in [0.3, 0.4) is 0 Å². The first-order valence-electron chi connectivity index (χ1n) is 25.5. The molecule has 12 rings (SSSR count). The molecule has 0 saturated carbocycles. The second-order valence-corrected chi connectivity index (χ2v) is 20.0. The van der Waals surface area contributed by atoms with Crippen LogP contribution in [0.25, 0.3) is 77.8 Å². The molecular weight excluding hydrogens is 1290 g/mol. The SMILES string of the molecule is C.CC(Br)c1nc2cccc(Cl)c2c(=O)n1-c1ccccc1.COc1ccc(-c2[nH]nc3ncnc(N)c23)cc1F.Cc1ccc(-c2nn(C(C)c3nc4cccc(Cl)c4c(=O)n3-c3ccccc3)c3ncnc(N)c23)cc1F.O=CO[O-].[2H]CF.[H-].[K+].[K+]. The number of nitrogens with zero attached hydrogens (tertiary/aromatic N) is 11. The fourth-order valence-electron chi connectivity index (χ4n) is 8.84. The summed E-state index contributed by atoms with van der Waals surface area (Å²) in [5.74, 6) is 0.933. The Morgan fingerprint density at radius 2 is 1.23 bits per heavy atom. The molecule has 0 amide bonds. The van der Waals surface area contributed by atoms with Gasteiger partial charge in [-0.3, -0.25) is 33.0 Å². The molecule has 28 heteroatoms. The zero-order chi connectivity index (χ0) is 61.1. The van der Waals surface area contributed by atoms with E-state index < -0.39 is 19.0 Å². The zero-order valence-electron chi connectivity index (χ0n) is 48.6. The number of nitrogens with one attached hydrogen (secondary N) is 1. The molecule has 87 heavy (non-hydrogen) atoms. The molecule has 6 aromatic heterocycles. The average Bonchev–Trinajstić information content (AvgIpc) is 1.97. The van der Waals surface area contributed by atoms with E-state index in [0.29, 0.717) is 105 Å². The van der Waals surface area contributed by atoms with Crippen LogP contribution >= 0.6 is 39.1 Å². The van der Waals surface area contributed by atoms with Crippen molar-refractivity contribution >= 4 is 101 Å². The number of fused-ring (bicyclic) bond motifs is 4. The summed E-state index contributed by atoms with van der Waals surface area (Å²) in [5, 5.41) is 22.6. The number of aryl methyl sites for hydroxylation is 1. The molecule has 12 aromatic rings. The number of methoxy groups -OCH3 is 1. The Morgan fingerprint density at radius 1 is 0.724 bits per heavy atom. The van der Waals surface area contributed by atoms with Crippen molar-refractivity contribution in [1.82, 2.24) is 59.0 Å². The number of carbonyl (C=O) groups excluding carboxylic acids is 1. The van der Waals surface area contributed by atoms with Crippen LogP contribution in [-0.2, 0) is 9.68 Å². The molecule has 0 aliphatic heterocycles. The Balaban J connectivity index is 0.000000283. The van der Waals surface area contributed by atoms with Crippen LogP contribution in [-0.4, -0.2) is 79.8 Å². The molecule has 2 unspecified atom stereocenters. The minimum Gasteiger partial charge on any atom is -1.00 e. The molecule has 0 spiro atoms. The van der Waals surface area contributed by atoms with E-state index in [9.17, 15) is 22.8 Å². The number of alkyl halides is 2. The number of halogens is 6. The minimum atomic E-state index is -1.00. The average molecular weight is 1340 g/mol. The predicted octanol–water partition coefficient (Wildman–Crippen LogP) is 5.51. The van der Waals surface area contributed by atoms with Crippen molar-refractivity contribution in [2.24, 2.45) is 0 Å². The van der Waals surface area contributed by atoms with Gasteiger partial charge in [0.25, 0.3) is 17.6 Å². The molecule has 2 atom stereocenters. The van der Waals surface area contributed by atoms with Gasteiger partial charge >= 0.3 is 103 Å². The molecule has 5 N–H and O–H groups in total. The standard InChI is InChI=1S/C28H21ClFN7O.C16H12BrClN2O.C12H10FN5O.CH3F.CH2O3.CH4.2K.H/c1-15-11-12-17(13-20(15)30)24-23-25(31)32-14-33-27(23)37(35-24)16(2)26-34-21-10-6-9-19(29)22(21)28(38)36(26)18-7-4-3-5-8-18;1-10(17)15-19-13-9-5-8-12(18)14(13)16(21)20(15)11-6-3-2-4-7-11;1-19-8-3-2-6(4-7(8)13)10-9-11(14)15-5-16-12(9)18-17-10;1-2;2-1-4-3;;;;/h3-14,16H,1-2H3,(H2,31,32,33);2-10H,1H3;2-5H,1H3,(H3,14,15,16,17,18);1H3;1,3H;1H4;;;/q;;;;;;2*+1;-1/p-1/i;;;1D;;;;;. The van der Waals surface area contributed by atoms with E-state index in [1.54, 1.807) is 70.8 Å². The van der Waals surface area contributed by atoms with Gasteiger partial charge in [0, 0.05) is 11.1 Å². The number of hydrogen-bond acceptors (Lipinski definition) is 16. The number of benzene rings is 6. The number of nitrogen functional groups attached to an aromatic ring is 2. The summed E-state index contributed by atoms with van der Waals surface area (Å²) in [6, 6.07) is 38.0. The number of ether oxygens (including phenoxy) is 1. The van der Waals surface area contributed by atoms with Crippen LogP contribution in [0.5, 0.6) is 5.75 Å². The molecule has 20 nitrogen and oxygen atoms in total. The summed E-state index contributed by atoms with van der Waals surface area (Å²) in [6.45, 7) is 5.31. The van der Waals surface area contributed by atoms with Gasteiger partial charge in [-0.15, -0.1) is 0 Å². The summed E-state index contributed by atoms with van der Waals surface area (Å²) >= 11 is 16.1. The van der Waals surface area contributed by atoms with Gasteiger partial charge in [-0.05, 0) is 99.1 Å². The number of H-pyrrole nitrogens is 1. The Hall–Kier alpha value is -6.35. The van der Waals surface area contributed by atoms with Crippen LogP contribution < -0.4 is 135 Å². The summed E-state index contributed by atoms with van der Waals surface area (Å²) in [7, 11) is 0.412. The second-order valence-electron chi connectivity index (χ2n) is 17.8. The summed E-state index contributed by atoms with van der Waals surface area (Å²) in [6.07, 6.45) is 2.68. The predicted molar refractivity (Wildman–Crippen MR) is 326 cm³/mol. The van der Waals surface area contributed by atoms with Crippen LogP contribution in [0.2, 0.25) is 10.0 Å². The van der Waals surface area contributed by atoms with Gasteiger partial charge in [0.1, 0.15) is 53.5 Å². The van der Waals surface area contributed by atoms with Gasteiger partial charge in [0.2, 0.25) is 0 Å². The van der Waals surface area contributed by atoms with Crippen molar-refractivity contribution in [2.45, 2.75) is 39.1 Å². The Morgan fingerprint density at radius 3 is 1.75 bits per heavy atom. The van der Waals surface area contributed by atoms with Gasteiger partial charge in [-0.25, -0.2) is 43.4 Å². The largest absolute Gasteiger partial charge is 1.00 e. The van der Waals surface area contributed by atoms with Crippen LogP contribution in [0, 0.1) is 18.6 Å². The molecule has 6 heterocycles. The molecular formula is C59H52BrCl2F3K2N14O6. The molecule has 0 aliphatic carbocycles. The maximum absolute atomic E-state index is 14.5. The Labute approximate surface area is 601 Å². The van der Waals surface area contributed by atoms with Gasteiger partial charge in [-0.2, -0.15) is 10.2 Å². The number of para-hydroxylation sites is 2. The molecule has 438 valence electrons. The first-order chi connectivity index (χ1) is 41.0. The van der Waals surface area contributed by atoms with Crippen molar-refractivity contribution in [3.63, 3.8) is 0 Å². The van der Waals surface area contributed by atoms with E-state index >= 15 is 0 Å². The number of aromatic nitrogens is 12. The van der Waals surface area contributed by atoms with E-state index in [4.69, 9.17) is 60.9 Å². The minimum absolute atomic E-state index is 0. The van der Waals surface area contributed by atoms with Gasteiger partial charge in [0.15, 0.2) is 22.9 Å². The summed E-state index contributed by atoms with van der Waals surface area (Å²) in [4.78, 5) is 63.9. The quantitative estimate of drug-likeness (QED) is 0.0528. The molecule has 0 radical (unpaired) electrons. The van der Waals surface area contributed by atoms with E-state index in [0.717, 1.165) is 5.69 Å². The zero-order valence-corrected chi connectivity index (χ0v) is 55.9. The maximum atomic E-state index is 14.5. The monoisotopic (exact) mass is 1340 g/mol. The molecule has 0 aliphatic rings. The van der Waals surface area contributed by atoms with E-state index in [-0.39, 0.29) is 151 Å². The maximum Gasteiger partial charge on any atom is 1.00 e. The van der Waals surface area contributed by atoms with Crippen molar-refractivity contribution in [2.75, 3.05) is 25.7 Å². The fraction of sp³-hybridized carbons (Fsp3) is 0.136. The van der Waals surface area contributed by atoms with Gasteiger partial charge in [-0.1, -0.05) is 107 Å². The first kappa shape index (κ1) is 69.7. The van der Waals surface area contributed by atoms with E-state index in [2.05, 4.69) is 55.9 Å². The normalized spacial score (nSPS) is 11.2. The molecule has 0 bridgehead atoms. The van der Waals surface area contributed by atoms with E-state index in [1.807, 2.05) is 74.5 Å². The third kappa shape index (κ3) is 15.6.